The molecule has 100 valence electrons. The number of carbonyl (C=O) groups is 1. The number of thiazole rings is 1. The van der Waals surface area contributed by atoms with E-state index in [-0.39, 0.29) is 12.3 Å². The van der Waals surface area contributed by atoms with Gasteiger partial charge in [0, 0.05) is 23.4 Å². The molecule has 0 saturated heterocycles. The van der Waals surface area contributed by atoms with Gasteiger partial charge in [0.15, 0.2) is 5.13 Å². The van der Waals surface area contributed by atoms with Crippen LogP contribution in [0.1, 0.15) is 24.1 Å². The van der Waals surface area contributed by atoms with Crippen LogP contribution in [0.2, 0.25) is 0 Å². The van der Waals surface area contributed by atoms with E-state index >= 15 is 0 Å². The van der Waals surface area contributed by atoms with Crippen LogP contribution in [0.15, 0.2) is 30.3 Å². The third-order valence-electron chi connectivity index (χ3n) is 2.84. The number of benzene rings is 1. The quantitative estimate of drug-likeness (QED) is 0.878. The van der Waals surface area contributed by atoms with Crippen LogP contribution in [0.4, 0.5) is 5.13 Å². The second-order valence-electron chi connectivity index (χ2n) is 4.35. The molecular formula is C14H16N2O2S. The lowest BCUT2D eigenvalue weighted by Crippen LogP contribution is -2.02. The van der Waals surface area contributed by atoms with Crippen LogP contribution >= 0.6 is 11.3 Å². The third kappa shape index (κ3) is 3.12. The summed E-state index contributed by atoms with van der Waals surface area (Å²) in [4.78, 5) is 16.4. The van der Waals surface area contributed by atoms with E-state index in [1.807, 2.05) is 44.3 Å². The summed E-state index contributed by atoms with van der Waals surface area (Å²) in [7, 11) is 1.82. The topological polar surface area (TPSA) is 62.2 Å². The molecule has 0 aliphatic heterocycles. The summed E-state index contributed by atoms with van der Waals surface area (Å²) >= 11 is 1.52. The zero-order valence-electron chi connectivity index (χ0n) is 10.9. The molecule has 2 rings (SSSR count). The SMILES string of the molecule is CNc1nc(-c2ccccc2)c(C(C)CC(=O)O)s1. The van der Waals surface area contributed by atoms with Gasteiger partial charge in [0.2, 0.25) is 0 Å². The first kappa shape index (κ1) is 13.5. The van der Waals surface area contributed by atoms with E-state index in [1.165, 1.54) is 11.3 Å². The minimum absolute atomic E-state index is 0.0488. The lowest BCUT2D eigenvalue weighted by atomic mass is 10.0. The molecule has 5 heteroatoms. The van der Waals surface area contributed by atoms with E-state index in [0.717, 1.165) is 21.3 Å². The van der Waals surface area contributed by atoms with E-state index in [4.69, 9.17) is 5.11 Å². The predicted molar refractivity (Wildman–Crippen MR) is 77.8 cm³/mol. The molecule has 19 heavy (non-hydrogen) atoms. The van der Waals surface area contributed by atoms with Crippen molar-refractivity contribution in [2.24, 2.45) is 0 Å². The Balaban J connectivity index is 2.42. The molecule has 1 unspecified atom stereocenters. The largest absolute Gasteiger partial charge is 0.481 e. The highest BCUT2D eigenvalue weighted by Gasteiger charge is 2.20. The number of aliphatic carboxylic acids is 1. The fourth-order valence-corrected chi connectivity index (χ4v) is 2.92. The van der Waals surface area contributed by atoms with Crippen LogP contribution in [-0.2, 0) is 4.79 Å². The average Bonchev–Trinajstić information content (AvgIpc) is 2.83. The Morgan fingerprint density at radius 1 is 1.42 bits per heavy atom. The summed E-state index contributed by atoms with van der Waals surface area (Å²) in [5.41, 5.74) is 1.90. The van der Waals surface area contributed by atoms with Crippen LogP contribution in [-0.4, -0.2) is 23.1 Å². The van der Waals surface area contributed by atoms with Gasteiger partial charge in [-0.3, -0.25) is 4.79 Å². The molecular weight excluding hydrogens is 260 g/mol. The molecule has 0 radical (unpaired) electrons. The zero-order valence-corrected chi connectivity index (χ0v) is 11.7. The molecule has 0 spiro atoms. The van der Waals surface area contributed by atoms with E-state index < -0.39 is 5.97 Å². The molecule has 2 aromatic rings. The van der Waals surface area contributed by atoms with Crippen LogP contribution in [0.5, 0.6) is 0 Å². The summed E-state index contributed by atoms with van der Waals surface area (Å²) in [6.07, 6.45) is 0.116. The Morgan fingerprint density at radius 2 is 2.11 bits per heavy atom. The Hall–Kier alpha value is -1.88. The summed E-state index contributed by atoms with van der Waals surface area (Å²) in [5.74, 6) is -0.835. The molecule has 1 heterocycles. The minimum atomic E-state index is -0.786. The number of rotatable bonds is 5. The molecule has 0 aliphatic carbocycles. The monoisotopic (exact) mass is 276 g/mol. The van der Waals surface area contributed by atoms with Gasteiger partial charge in [-0.25, -0.2) is 4.98 Å². The molecule has 0 saturated carbocycles. The van der Waals surface area contributed by atoms with E-state index in [2.05, 4.69) is 10.3 Å². The van der Waals surface area contributed by atoms with E-state index in [0.29, 0.717) is 0 Å². The van der Waals surface area contributed by atoms with Gasteiger partial charge in [0.25, 0.3) is 0 Å². The van der Waals surface area contributed by atoms with Gasteiger partial charge >= 0.3 is 5.97 Å². The Labute approximate surface area is 116 Å². The van der Waals surface area contributed by atoms with Gasteiger partial charge in [-0.15, -0.1) is 11.3 Å². The van der Waals surface area contributed by atoms with Crippen LogP contribution in [0.25, 0.3) is 11.3 Å². The second-order valence-corrected chi connectivity index (χ2v) is 5.38. The average molecular weight is 276 g/mol. The van der Waals surface area contributed by atoms with Gasteiger partial charge in [-0.05, 0) is 0 Å². The maximum absolute atomic E-state index is 10.9. The normalized spacial score (nSPS) is 12.1. The van der Waals surface area contributed by atoms with Crippen molar-refractivity contribution < 1.29 is 9.90 Å². The first-order chi connectivity index (χ1) is 9.11. The summed E-state index contributed by atoms with van der Waals surface area (Å²) in [5, 5.41) is 12.8. The van der Waals surface area contributed by atoms with Gasteiger partial charge in [-0.1, -0.05) is 37.3 Å². The van der Waals surface area contributed by atoms with Crippen LogP contribution < -0.4 is 5.32 Å². The summed E-state index contributed by atoms with van der Waals surface area (Å²) in [6, 6.07) is 9.85. The molecule has 1 atom stereocenters. The first-order valence-corrected chi connectivity index (χ1v) is 6.89. The number of carboxylic acids is 1. The number of anilines is 1. The van der Waals surface area contributed by atoms with Crippen LogP contribution in [0, 0.1) is 0 Å². The van der Waals surface area contributed by atoms with Gasteiger partial charge < -0.3 is 10.4 Å². The fourth-order valence-electron chi connectivity index (χ4n) is 1.93. The molecule has 2 N–H and O–H groups in total. The van der Waals surface area contributed by atoms with Crippen molar-refractivity contribution in [3.63, 3.8) is 0 Å². The minimum Gasteiger partial charge on any atom is -0.481 e. The van der Waals surface area contributed by atoms with Gasteiger partial charge in [-0.2, -0.15) is 0 Å². The lowest BCUT2D eigenvalue weighted by molar-refractivity contribution is -0.137. The molecule has 0 amide bonds. The predicted octanol–water partition coefficient (Wildman–Crippen LogP) is 3.43. The van der Waals surface area contributed by atoms with Gasteiger partial charge in [0.05, 0.1) is 12.1 Å². The highest BCUT2D eigenvalue weighted by Crippen LogP contribution is 2.37. The Kier molecular flexibility index (Phi) is 4.16. The number of aromatic nitrogens is 1. The van der Waals surface area contributed by atoms with Crippen molar-refractivity contribution >= 4 is 22.4 Å². The number of nitrogens with one attached hydrogen (secondary N) is 1. The number of hydrogen-bond donors (Lipinski definition) is 2. The standard InChI is InChI=1S/C14H16N2O2S/c1-9(8-11(17)18)13-12(16-14(15-2)19-13)10-6-4-3-5-7-10/h3-7,9H,8H2,1-2H3,(H,15,16)(H,17,18). The smallest absolute Gasteiger partial charge is 0.303 e. The fraction of sp³-hybridized carbons (Fsp3) is 0.286. The maximum atomic E-state index is 10.9. The van der Waals surface area contributed by atoms with Crippen molar-refractivity contribution in [1.82, 2.24) is 4.98 Å². The molecule has 4 nitrogen and oxygen atoms in total. The molecule has 0 aliphatic rings. The van der Waals surface area contributed by atoms with Crippen LogP contribution in [0.3, 0.4) is 0 Å². The molecule has 0 fully saturated rings. The second kappa shape index (κ2) is 5.84. The Morgan fingerprint density at radius 3 is 2.68 bits per heavy atom. The number of hydrogen-bond acceptors (Lipinski definition) is 4. The van der Waals surface area contributed by atoms with Crippen molar-refractivity contribution in [2.45, 2.75) is 19.3 Å². The molecule has 1 aromatic heterocycles. The van der Waals surface area contributed by atoms with E-state index in [9.17, 15) is 4.79 Å². The van der Waals surface area contributed by atoms with Crippen molar-refractivity contribution in [3.8, 4) is 11.3 Å². The van der Waals surface area contributed by atoms with Crippen molar-refractivity contribution in [1.29, 1.82) is 0 Å². The first-order valence-electron chi connectivity index (χ1n) is 6.07. The lowest BCUT2D eigenvalue weighted by Gasteiger charge is -2.08. The van der Waals surface area contributed by atoms with Gasteiger partial charge in [0.1, 0.15) is 0 Å². The number of carboxylic acid groups (broad SMARTS) is 1. The highest BCUT2D eigenvalue weighted by atomic mass is 32.1. The van der Waals surface area contributed by atoms with Crippen molar-refractivity contribution in [2.75, 3.05) is 12.4 Å². The molecule has 1 aromatic carbocycles. The number of nitrogens with zero attached hydrogens (tertiary/aromatic N) is 1. The summed E-state index contributed by atoms with van der Waals surface area (Å²) in [6.45, 7) is 1.92. The van der Waals surface area contributed by atoms with E-state index in [1.54, 1.807) is 0 Å². The molecule has 0 bridgehead atoms. The third-order valence-corrected chi connectivity index (χ3v) is 4.15. The maximum Gasteiger partial charge on any atom is 0.303 e. The highest BCUT2D eigenvalue weighted by molar-refractivity contribution is 7.16. The zero-order chi connectivity index (χ0) is 13.8. The van der Waals surface area contributed by atoms with Crippen molar-refractivity contribution in [3.05, 3.63) is 35.2 Å². The Bertz CT molecular complexity index is 566. The summed E-state index contributed by atoms with van der Waals surface area (Å²) < 4.78 is 0.